The number of aryl methyl sites for hydroxylation is 1. The Kier molecular flexibility index (Phi) is 4.71. The molecule has 24 heavy (non-hydrogen) atoms. The molecule has 0 bridgehead atoms. The van der Waals surface area contributed by atoms with Crippen molar-refractivity contribution in [3.63, 3.8) is 0 Å². The van der Waals surface area contributed by atoms with Crippen molar-refractivity contribution < 1.29 is 13.2 Å². The Morgan fingerprint density at radius 2 is 1.71 bits per heavy atom. The molecule has 126 valence electrons. The van der Waals surface area contributed by atoms with Gasteiger partial charge in [-0.25, -0.2) is 8.42 Å². The van der Waals surface area contributed by atoms with Crippen molar-refractivity contribution in [3.8, 4) is 0 Å². The van der Waals surface area contributed by atoms with Crippen molar-refractivity contribution in [3.05, 3.63) is 70.8 Å². The minimum Gasteiger partial charge on any atom is -0.337 e. The normalized spacial score (nSPS) is 14.3. The van der Waals surface area contributed by atoms with E-state index in [-0.39, 0.29) is 11.7 Å². The van der Waals surface area contributed by atoms with Gasteiger partial charge in [0.2, 0.25) is 5.91 Å². The molecule has 3 rings (SSSR count). The lowest BCUT2D eigenvalue weighted by molar-refractivity contribution is -0.129. The fraction of sp³-hybridized carbons (Fsp3) is 0.316. The number of carbonyl (C=O) groups excluding carboxylic acids is 1. The Bertz CT molecular complexity index is 858. The van der Waals surface area contributed by atoms with Gasteiger partial charge in [-0.15, -0.1) is 0 Å². The third-order valence-electron chi connectivity index (χ3n) is 4.46. The van der Waals surface area contributed by atoms with Crippen LogP contribution < -0.4 is 0 Å². The van der Waals surface area contributed by atoms with Crippen LogP contribution in [0.1, 0.15) is 22.3 Å². The number of sulfone groups is 1. The second-order valence-electron chi connectivity index (χ2n) is 6.29. The lowest BCUT2D eigenvalue weighted by Gasteiger charge is -2.28. The van der Waals surface area contributed by atoms with E-state index >= 15 is 0 Å². The molecule has 0 radical (unpaired) electrons. The molecular formula is C19H21NO3S. The first-order valence-corrected chi connectivity index (χ1v) is 9.86. The van der Waals surface area contributed by atoms with Crippen LogP contribution in [0, 0.1) is 6.92 Å². The average Bonchev–Trinajstić information content (AvgIpc) is 2.56. The third-order valence-corrected chi connectivity index (χ3v) is 5.90. The van der Waals surface area contributed by atoms with Crippen LogP contribution in [-0.2, 0) is 33.4 Å². The average molecular weight is 343 g/mol. The van der Waals surface area contributed by atoms with Crippen LogP contribution in [0.5, 0.6) is 0 Å². The second kappa shape index (κ2) is 6.77. The zero-order valence-corrected chi connectivity index (χ0v) is 14.6. The van der Waals surface area contributed by atoms with Crippen LogP contribution in [0.15, 0.2) is 48.5 Å². The van der Waals surface area contributed by atoms with Crippen molar-refractivity contribution in [2.45, 2.75) is 25.6 Å². The number of carbonyl (C=O) groups is 1. The summed E-state index contributed by atoms with van der Waals surface area (Å²) >= 11 is 0. The molecule has 5 heteroatoms. The minimum absolute atomic E-state index is 0.0875. The molecule has 1 heterocycles. The highest BCUT2D eigenvalue weighted by Gasteiger charge is 2.25. The SMILES string of the molecule is Cc1ccccc1CS(=O)(=O)CC(=O)N1CCc2ccccc2C1. The molecule has 4 nitrogen and oxygen atoms in total. The number of nitrogens with zero attached hydrogens (tertiary/aromatic N) is 1. The quantitative estimate of drug-likeness (QED) is 0.857. The number of hydrogen-bond acceptors (Lipinski definition) is 3. The number of rotatable bonds is 4. The second-order valence-corrected chi connectivity index (χ2v) is 8.36. The number of amides is 1. The maximum absolute atomic E-state index is 12.4. The Morgan fingerprint density at radius 1 is 1.04 bits per heavy atom. The Balaban J connectivity index is 1.67. The van der Waals surface area contributed by atoms with E-state index in [1.54, 1.807) is 11.0 Å². The van der Waals surface area contributed by atoms with Crippen molar-refractivity contribution >= 4 is 15.7 Å². The largest absolute Gasteiger partial charge is 0.337 e. The molecule has 0 saturated heterocycles. The molecule has 0 atom stereocenters. The van der Waals surface area contributed by atoms with E-state index in [4.69, 9.17) is 0 Å². The molecule has 0 unspecified atom stereocenters. The van der Waals surface area contributed by atoms with Crippen molar-refractivity contribution in [1.82, 2.24) is 4.90 Å². The maximum atomic E-state index is 12.4. The van der Waals surface area contributed by atoms with Crippen LogP contribution in [-0.4, -0.2) is 31.5 Å². The van der Waals surface area contributed by atoms with Crippen molar-refractivity contribution in [1.29, 1.82) is 0 Å². The van der Waals surface area contributed by atoms with E-state index in [1.807, 2.05) is 43.3 Å². The fourth-order valence-corrected chi connectivity index (χ4v) is 4.51. The summed E-state index contributed by atoms with van der Waals surface area (Å²) in [5.41, 5.74) is 4.03. The van der Waals surface area contributed by atoms with E-state index in [2.05, 4.69) is 6.07 Å². The predicted molar refractivity (Wildman–Crippen MR) is 94.2 cm³/mol. The molecular weight excluding hydrogens is 322 g/mol. The summed E-state index contributed by atoms with van der Waals surface area (Å²) in [4.78, 5) is 14.1. The highest BCUT2D eigenvalue weighted by Crippen LogP contribution is 2.19. The monoisotopic (exact) mass is 343 g/mol. The Morgan fingerprint density at radius 3 is 2.46 bits per heavy atom. The molecule has 1 aliphatic rings. The lowest BCUT2D eigenvalue weighted by Crippen LogP contribution is -2.39. The van der Waals surface area contributed by atoms with Gasteiger partial charge in [-0.1, -0.05) is 48.5 Å². The number of hydrogen-bond donors (Lipinski definition) is 0. The van der Waals surface area contributed by atoms with E-state index in [0.29, 0.717) is 13.1 Å². The van der Waals surface area contributed by atoms with E-state index < -0.39 is 15.6 Å². The van der Waals surface area contributed by atoms with Gasteiger partial charge < -0.3 is 4.90 Å². The van der Waals surface area contributed by atoms with Gasteiger partial charge in [0.05, 0.1) is 5.75 Å². The first kappa shape index (κ1) is 16.7. The first-order valence-electron chi connectivity index (χ1n) is 8.04. The van der Waals surface area contributed by atoms with Gasteiger partial charge in [-0.2, -0.15) is 0 Å². The first-order chi connectivity index (χ1) is 11.4. The van der Waals surface area contributed by atoms with E-state index in [9.17, 15) is 13.2 Å². The molecule has 0 saturated carbocycles. The van der Waals surface area contributed by atoms with Gasteiger partial charge in [-0.05, 0) is 35.6 Å². The molecule has 0 spiro atoms. The van der Waals surface area contributed by atoms with Gasteiger partial charge in [0.1, 0.15) is 5.75 Å². The summed E-state index contributed by atoms with van der Waals surface area (Å²) in [6.45, 7) is 2.96. The van der Waals surface area contributed by atoms with Crippen LogP contribution in [0.3, 0.4) is 0 Å². The molecule has 1 aliphatic heterocycles. The molecule has 0 aromatic heterocycles. The minimum atomic E-state index is -3.47. The summed E-state index contributed by atoms with van der Waals surface area (Å²) in [7, 11) is -3.47. The highest BCUT2D eigenvalue weighted by molar-refractivity contribution is 7.91. The van der Waals surface area contributed by atoms with Crippen molar-refractivity contribution in [2.75, 3.05) is 12.3 Å². The standard InChI is InChI=1S/C19H21NO3S/c1-15-6-2-3-9-18(15)13-24(22,23)14-19(21)20-11-10-16-7-4-5-8-17(16)12-20/h2-9H,10-14H2,1H3. The van der Waals surface area contributed by atoms with Crippen LogP contribution in [0.4, 0.5) is 0 Å². The third kappa shape index (κ3) is 3.85. The topological polar surface area (TPSA) is 54.5 Å². The number of fused-ring (bicyclic) bond motifs is 1. The maximum Gasteiger partial charge on any atom is 0.238 e. The summed E-state index contributed by atoms with van der Waals surface area (Å²) in [6, 6.07) is 15.4. The van der Waals surface area contributed by atoms with Gasteiger partial charge in [0.25, 0.3) is 0 Å². The van der Waals surface area contributed by atoms with E-state index in [0.717, 1.165) is 23.1 Å². The summed E-state index contributed by atoms with van der Waals surface area (Å²) in [5, 5.41) is 0. The van der Waals surface area contributed by atoms with Crippen LogP contribution >= 0.6 is 0 Å². The molecule has 1 amide bonds. The molecule has 0 N–H and O–H groups in total. The van der Waals surface area contributed by atoms with Gasteiger partial charge >= 0.3 is 0 Å². The fourth-order valence-electron chi connectivity index (χ4n) is 3.05. The molecule has 0 fully saturated rings. The zero-order valence-electron chi connectivity index (χ0n) is 13.7. The predicted octanol–water partition coefficient (Wildman–Crippen LogP) is 2.49. The summed E-state index contributed by atoms with van der Waals surface area (Å²) in [5.74, 6) is -0.822. The van der Waals surface area contributed by atoms with Crippen molar-refractivity contribution in [2.24, 2.45) is 0 Å². The molecule has 2 aromatic rings. The van der Waals surface area contributed by atoms with Crippen LogP contribution in [0.2, 0.25) is 0 Å². The van der Waals surface area contributed by atoms with Gasteiger partial charge in [0, 0.05) is 13.1 Å². The molecule has 0 aliphatic carbocycles. The highest BCUT2D eigenvalue weighted by atomic mass is 32.2. The Hall–Kier alpha value is -2.14. The molecule has 2 aromatic carbocycles. The van der Waals surface area contributed by atoms with Gasteiger partial charge in [0.15, 0.2) is 9.84 Å². The van der Waals surface area contributed by atoms with E-state index in [1.165, 1.54) is 5.56 Å². The van der Waals surface area contributed by atoms with Gasteiger partial charge in [-0.3, -0.25) is 4.79 Å². The number of benzene rings is 2. The lowest BCUT2D eigenvalue weighted by atomic mass is 10.00. The Labute approximate surface area is 143 Å². The smallest absolute Gasteiger partial charge is 0.238 e. The summed E-state index contributed by atoms with van der Waals surface area (Å²) in [6.07, 6.45) is 0.778. The summed E-state index contributed by atoms with van der Waals surface area (Å²) < 4.78 is 24.8. The van der Waals surface area contributed by atoms with Crippen LogP contribution in [0.25, 0.3) is 0 Å². The zero-order chi connectivity index (χ0) is 17.2.